The Morgan fingerprint density at radius 1 is 1.11 bits per heavy atom. The third kappa shape index (κ3) is 3.96. The van der Waals surface area contributed by atoms with Gasteiger partial charge in [0.15, 0.2) is 0 Å². The summed E-state index contributed by atoms with van der Waals surface area (Å²) in [4.78, 5) is 11.9. The molecule has 106 valence electrons. The third-order valence-electron chi connectivity index (χ3n) is 3.99. The van der Waals surface area contributed by atoms with Gasteiger partial charge in [0, 0.05) is 5.41 Å². The Balaban J connectivity index is 2.56. The van der Waals surface area contributed by atoms with Gasteiger partial charge in [-0.2, -0.15) is 0 Å². The molecule has 1 saturated carbocycles. The quantitative estimate of drug-likeness (QED) is 0.762. The largest absolute Gasteiger partial charge is 0.350 e. The van der Waals surface area contributed by atoms with Crippen LogP contribution in [0.3, 0.4) is 0 Å². The maximum atomic E-state index is 14.2. The van der Waals surface area contributed by atoms with E-state index >= 15 is 0 Å². The standard InChI is InChI=1S/C15H28FNO/c1-14(2,3)10-7-8-12(11(16)9-10)17-13(18)15(4,5)6/h10-12H,7-9H2,1-6H3,(H,17,18)/t10-,11-,12+/m0/s1. The highest BCUT2D eigenvalue weighted by atomic mass is 19.1. The van der Waals surface area contributed by atoms with E-state index in [4.69, 9.17) is 0 Å². The molecule has 3 heteroatoms. The van der Waals surface area contributed by atoms with Gasteiger partial charge in [0.1, 0.15) is 6.17 Å². The Kier molecular flexibility index (Phi) is 4.45. The molecule has 1 N–H and O–H groups in total. The van der Waals surface area contributed by atoms with Gasteiger partial charge in [-0.3, -0.25) is 4.79 Å². The molecule has 3 atom stereocenters. The summed E-state index contributed by atoms with van der Waals surface area (Å²) in [6, 6.07) is -0.296. The van der Waals surface area contributed by atoms with E-state index in [1.54, 1.807) is 0 Å². The van der Waals surface area contributed by atoms with Crippen LogP contribution in [0, 0.1) is 16.7 Å². The van der Waals surface area contributed by atoms with E-state index < -0.39 is 11.6 Å². The normalized spacial score (nSPS) is 30.1. The van der Waals surface area contributed by atoms with Gasteiger partial charge in [-0.25, -0.2) is 4.39 Å². The van der Waals surface area contributed by atoms with Crippen LogP contribution in [0.1, 0.15) is 60.8 Å². The number of carbonyl (C=O) groups excluding carboxylic acids is 1. The highest BCUT2D eigenvalue weighted by molar-refractivity contribution is 5.81. The van der Waals surface area contributed by atoms with Crippen LogP contribution in [-0.2, 0) is 4.79 Å². The summed E-state index contributed by atoms with van der Waals surface area (Å²) in [5, 5.41) is 2.87. The molecule has 0 saturated heterocycles. The van der Waals surface area contributed by atoms with E-state index in [-0.39, 0.29) is 17.4 Å². The molecule has 0 radical (unpaired) electrons. The van der Waals surface area contributed by atoms with Crippen LogP contribution in [0.25, 0.3) is 0 Å². The Bertz CT molecular complexity index is 301. The van der Waals surface area contributed by atoms with Gasteiger partial charge in [0.25, 0.3) is 0 Å². The van der Waals surface area contributed by atoms with Crippen molar-refractivity contribution in [2.24, 2.45) is 16.7 Å². The maximum absolute atomic E-state index is 14.2. The monoisotopic (exact) mass is 257 g/mol. The molecule has 1 aliphatic rings. The predicted octanol–water partition coefficient (Wildman–Crippen LogP) is 3.70. The summed E-state index contributed by atoms with van der Waals surface area (Å²) in [6.45, 7) is 12.1. The van der Waals surface area contributed by atoms with E-state index in [0.29, 0.717) is 12.3 Å². The molecule has 0 aliphatic heterocycles. The number of halogens is 1. The summed E-state index contributed by atoms with van der Waals surface area (Å²) < 4.78 is 14.2. The van der Waals surface area contributed by atoms with Crippen LogP contribution in [0.4, 0.5) is 4.39 Å². The second-order valence-electron chi connectivity index (χ2n) is 7.72. The lowest BCUT2D eigenvalue weighted by Gasteiger charge is -2.39. The van der Waals surface area contributed by atoms with Crippen LogP contribution >= 0.6 is 0 Å². The zero-order valence-electron chi connectivity index (χ0n) is 12.6. The van der Waals surface area contributed by atoms with Crippen molar-refractivity contribution in [1.82, 2.24) is 5.32 Å². The maximum Gasteiger partial charge on any atom is 0.225 e. The van der Waals surface area contributed by atoms with Gasteiger partial charge in [0.2, 0.25) is 5.91 Å². The van der Waals surface area contributed by atoms with Crippen molar-refractivity contribution in [1.29, 1.82) is 0 Å². The molecule has 0 aromatic carbocycles. The molecule has 0 aromatic rings. The van der Waals surface area contributed by atoms with Crippen molar-refractivity contribution >= 4 is 5.91 Å². The van der Waals surface area contributed by atoms with Crippen molar-refractivity contribution in [3.05, 3.63) is 0 Å². The molecule has 1 rings (SSSR count). The van der Waals surface area contributed by atoms with Crippen LogP contribution in [0.15, 0.2) is 0 Å². The molecule has 0 aromatic heterocycles. The number of nitrogens with one attached hydrogen (secondary N) is 1. The lowest BCUT2D eigenvalue weighted by Crippen LogP contribution is -2.49. The average molecular weight is 257 g/mol. The fraction of sp³-hybridized carbons (Fsp3) is 0.933. The average Bonchev–Trinajstić information content (AvgIpc) is 2.17. The van der Waals surface area contributed by atoms with Gasteiger partial charge >= 0.3 is 0 Å². The summed E-state index contributed by atoms with van der Waals surface area (Å²) >= 11 is 0. The van der Waals surface area contributed by atoms with Gasteiger partial charge in [-0.1, -0.05) is 41.5 Å². The van der Waals surface area contributed by atoms with Crippen molar-refractivity contribution in [2.45, 2.75) is 73.0 Å². The molecule has 2 nitrogen and oxygen atoms in total. The second kappa shape index (κ2) is 5.18. The molecule has 1 amide bonds. The third-order valence-corrected chi connectivity index (χ3v) is 3.99. The highest BCUT2D eigenvalue weighted by Crippen LogP contribution is 2.39. The lowest BCUT2D eigenvalue weighted by molar-refractivity contribution is -0.130. The number of hydrogen-bond donors (Lipinski definition) is 1. The fourth-order valence-corrected chi connectivity index (χ4v) is 2.45. The van der Waals surface area contributed by atoms with Crippen molar-refractivity contribution in [2.75, 3.05) is 0 Å². The SMILES string of the molecule is CC(C)(C)C(=O)N[C@@H]1CC[C@H](C(C)(C)C)C[C@@H]1F. The smallest absolute Gasteiger partial charge is 0.225 e. The van der Waals surface area contributed by atoms with E-state index in [2.05, 4.69) is 26.1 Å². The van der Waals surface area contributed by atoms with Crippen LogP contribution in [0.5, 0.6) is 0 Å². The number of amides is 1. The summed E-state index contributed by atoms with van der Waals surface area (Å²) in [5.74, 6) is 0.361. The van der Waals surface area contributed by atoms with E-state index in [9.17, 15) is 9.18 Å². The van der Waals surface area contributed by atoms with Crippen LogP contribution in [-0.4, -0.2) is 18.1 Å². The van der Waals surface area contributed by atoms with Gasteiger partial charge in [-0.15, -0.1) is 0 Å². The number of carbonyl (C=O) groups is 1. The van der Waals surface area contributed by atoms with Crippen LogP contribution in [0.2, 0.25) is 0 Å². The van der Waals surface area contributed by atoms with Crippen molar-refractivity contribution in [3.8, 4) is 0 Å². The molecule has 0 unspecified atom stereocenters. The van der Waals surface area contributed by atoms with Gasteiger partial charge in [-0.05, 0) is 30.6 Å². The predicted molar refractivity (Wildman–Crippen MR) is 73.1 cm³/mol. The zero-order chi connectivity index (χ0) is 14.1. The summed E-state index contributed by atoms with van der Waals surface area (Å²) in [6.07, 6.45) is 1.41. The molecular formula is C15H28FNO. The molecule has 0 heterocycles. The van der Waals surface area contributed by atoms with Gasteiger partial charge < -0.3 is 5.32 Å². The van der Waals surface area contributed by atoms with Crippen LogP contribution < -0.4 is 5.32 Å². The Morgan fingerprint density at radius 2 is 1.67 bits per heavy atom. The number of hydrogen-bond acceptors (Lipinski definition) is 1. The Hall–Kier alpha value is -0.600. The first-order valence-corrected chi connectivity index (χ1v) is 6.97. The van der Waals surface area contributed by atoms with E-state index in [1.807, 2.05) is 20.8 Å². The number of alkyl halides is 1. The first-order valence-electron chi connectivity index (χ1n) is 6.97. The van der Waals surface area contributed by atoms with E-state index in [1.165, 1.54) is 0 Å². The van der Waals surface area contributed by atoms with Crippen molar-refractivity contribution in [3.63, 3.8) is 0 Å². The first kappa shape index (κ1) is 15.5. The minimum absolute atomic E-state index is 0.0515. The second-order valence-corrected chi connectivity index (χ2v) is 7.72. The lowest BCUT2D eigenvalue weighted by atomic mass is 9.70. The highest BCUT2D eigenvalue weighted by Gasteiger charge is 2.37. The van der Waals surface area contributed by atoms with Crippen molar-refractivity contribution < 1.29 is 9.18 Å². The summed E-state index contributed by atoms with van der Waals surface area (Å²) in [7, 11) is 0. The molecule has 1 aliphatic carbocycles. The summed E-state index contributed by atoms with van der Waals surface area (Å²) in [5.41, 5.74) is -0.288. The van der Waals surface area contributed by atoms with Gasteiger partial charge in [0.05, 0.1) is 6.04 Å². The van der Waals surface area contributed by atoms with E-state index in [0.717, 1.165) is 12.8 Å². The fourth-order valence-electron chi connectivity index (χ4n) is 2.45. The number of rotatable bonds is 1. The minimum atomic E-state index is -0.908. The zero-order valence-corrected chi connectivity index (χ0v) is 12.6. The molecule has 1 fully saturated rings. The molecule has 0 bridgehead atoms. The molecular weight excluding hydrogens is 229 g/mol. The Morgan fingerprint density at radius 3 is 2.06 bits per heavy atom. The Labute approximate surface area is 111 Å². The molecule has 0 spiro atoms. The first-order chi connectivity index (χ1) is 8.01. The minimum Gasteiger partial charge on any atom is -0.350 e. The molecule has 18 heavy (non-hydrogen) atoms. The topological polar surface area (TPSA) is 29.1 Å².